The van der Waals surface area contributed by atoms with Crippen LogP contribution in [0.15, 0.2) is 67.3 Å². The summed E-state index contributed by atoms with van der Waals surface area (Å²) in [6.45, 7) is 8.62. The van der Waals surface area contributed by atoms with Gasteiger partial charge in [-0.1, -0.05) is 35.9 Å². The third-order valence-electron chi connectivity index (χ3n) is 4.99. The summed E-state index contributed by atoms with van der Waals surface area (Å²) >= 11 is 0. The largest absolute Gasteiger partial charge is 0.490 e. The molecule has 1 aliphatic rings. The van der Waals surface area contributed by atoms with E-state index in [1.807, 2.05) is 68.6 Å². The molecule has 0 unspecified atom stereocenters. The highest BCUT2D eigenvalue weighted by Gasteiger charge is 2.24. The van der Waals surface area contributed by atoms with Crippen LogP contribution in [0.3, 0.4) is 0 Å². The molecule has 2 aromatic rings. The molecule has 30 heavy (non-hydrogen) atoms. The van der Waals surface area contributed by atoms with Gasteiger partial charge in [-0.25, -0.2) is 4.79 Å². The Labute approximate surface area is 179 Å². The van der Waals surface area contributed by atoms with Crippen molar-refractivity contribution in [1.82, 2.24) is 4.90 Å². The number of benzene rings is 2. The summed E-state index contributed by atoms with van der Waals surface area (Å²) in [7, 11) is 2.05. The fourth-order valence-corrected chi connectivity index (χ4v) is 3.38. The minimum atomic E-state index is -0.347. The molecule has 1 aliphatic heterocycles. The molecule has 3 rings (SSSR count). The van der Waals surface area contributed by atoms with E-state index in [1.165, 1.54) is 0 Å². The van der Waals surface area contributed by atoms with Gasteiger partial charge in [0.1, 0.15) is 18.1 Å². The van der Waals surface area contributed by atoms with E-state index in [1.54, 1.807) is 4.90 Å². The molecule has 1 heterocycles. The fourth-order valence-electron chi connectivity index (χ4n) is 3.38. The molecule has 0 aromatic heterocycles. The zero-order valence-corrected chi connectivity index (χ0v) is 17.8. The molecule has 5 nitrogen and oxygen atoms in total. The monoisotopic (exact) mass is 406 g/mol. The van der Waals surface area contributed by atoms with E-state index in [0.29, 0.717) is 18.9 Å². The summed E-state index contributed by atoms with van der Waals surface area (Å²) in [6.07, 6.45) is 7.46. The molecule has 0 spiro atoms. The zero-order chi connectivity index (χ0) is 21.3. The first kappa shape index (κ1) is 21.7. The van der Waals surface area contributed by atoms with E-state index in [4.69, 9.17) is 9.47 Å². The molecule has 1 amide bonds. The quantitative estimate of drug-likeness (QED) is 0.579. The predicted octanol–water partition coefficient (Wildman–Crippen LogP) is 5.00. The lowest BCUT2D eigenvalue weighted by atomic mass is 10.0. The molecule has 0 atom stereocenters. The molecule has 0 aliphatic carbocycles. The third-order valence-corrected chi connectivity index (χ3v) is 4.99. The van der Waals surface area contributed by atoms with Crippen molar-refractivity contribution in [2.75, 3.05) is 38.2 Å². The molecule has 0 radical (unpaired) electrons. The van der Waals surface area contributed by atoms with Crippen LogP contribution in [-0.2, 0) is 6.42 Å². The number of aryl methyl sites for hydroxylation is 2. The van der Waals surface area contributed by atoms with Crippen molar-refractivity contribution in [2.45, 2.75) is 19.8 Å². The Morgan fingerprint density at radius 1 is 1.13 bits per heavy atom. The molecular weight excluding hydrogens is 376 g/mol. The second kappa shape index (κ2) is 10.6. The number of ether oxygens (including phenoxy) is 2. The predicted molar refractivity (Wildman–Crippen MR) is 122 cm³/mol. The van der Waals surface area contributed by atoms with Crippen molar-refractivity contribution in [3.8, 4) is 11.5 Å². The first-order chi connectivity index (χ1) is 14.6. The molecule has 158 valence electrons. The number of carbonyl (C=O) groups excluding carboxylic acids is 1. The van der Waals surface area contributed by atoms with E-state index < -0.39 is 0 Å². The summed E-state index contributed by atoms with van der Waals surface area (Å²) in [4.78, 5) is 16.6. The van der Waals surface area contributed by atoms with Gasteiger partial charge in [-0.05, 0) is 62.7 Å². The van der Waals surface area contributed by atoms with Crippen molar-refractivity contribution in [1.29, 1.82) is 0 Å². The number of fused-ring (bicyclic) bond motifs is 1. The van der Waals surface area contributed by atoms with Gasteiger partial charge < -0.3 is 9.47 Å². The maximum absolute atomic E-state index is 12.7. The maximum atomic E-state index is 12.7. The number of hydrogen-bond donors (Lipinski definition) is 0. The van der Waals surface area contributed by atoms with Crippen molar-refractivity contribution in [3.63, 3.8) is 0 Å². The van der Waals surface area contributed by atoms with Gasteiger partial charge in [0.15, 0.2) is 0 Å². The van der Waals surface area contributed by atoms with Gasteiger partial charge in [-0.15, -0.1) is 6.58 Å². The maximum Gasteiger partial charge on any atom is 0.419 e. The highest BCUT2D eigenvalue weighted by atomic mass is 16.6. The number of nitrogens with zero attached hydrogens (tertiary/aromatic N) is 2. The van der Waals surface area contributed by atoms with Crippen molar-refractivity contribution in [2.24, 2.45) is 0 Å². The van der Waals surface area contributed by atoms with Gasteiger partial charge in [0.05, 0.1) is 5.69 Å². The second-order valence-electron chi connectivity index (χ2n) is 7.52. The van der Waals surface area contributed by atoms with Gasteiger partial charge in [-0.3, -0.25) is 9.80 Å². The summed E-state index contributed by atoms with van der Waals surface area (Å²) in [6, 6.07) is 13.4. The average Bonchev–Trinajstić information content (AvgIpc) is 2.74. The molecule has 0 fully saturated rings. The summed E-state index contributed by atoms with van der Waals surface area (Å²) in [5.74, 6) is 1.37. The first-order valence-electron chi connectivity index (χ1n) is 10.3. The van der Waals surface area contributed by atoms with Gasteiger partial charge in [-0.2, -0.15) is 0 Å². The first-order valence-corrected chi connectivity index (χ1v) is 10.3. The lowest BCUT2D eigenvalue weighted by molar-refractivity contribution is 0.207. The van der Waals surface area contributed by atoms with Crippen LogP contribution in [0.4, 0.5) is 10.5 Å². The summed E-state index contributed by atoms with van der Waals surface area (Å²) < 4.78 is 11.4. The van der Waals surface area contributed by atoms with Crippen LogP contribution in [0.25, 0.3) is 0 Å². The fraction of sp³-hybridized carbons (Fsp3) is 0.320. The number of hydrogen-bond acceptors (Lipinski definition) is 4. The number of amides is 1. The van der Waals surface area contributed by atoms with Crippen LogP contribution < -0.4 is 14.4 Å². The van der Waals surface area contributed by atoms with Crippen LogP contribution in [0.5, 0.6) is 11.5 Å². The SMILES string of the molecule is C=CCN(C)C/C=C/COc1ccc2c(c1)CCCN2C(=O)Oc1ccc(C)cc1. The molecule has 0 N–H and O–H groups in total. The van der Waals surface area contributed by atoms with E-state index in [9.17, 15) is 4.79 Å². The zero-order valence-electron chi connectivity index (χ0n) is 17.8. The Kier molecular flexibility index (Phi) is 7.69. The van der Waals surface area contributed by atoms with E-state index in [0.717, 1.165) is 48.5 Å². The van der Waals surface area contributed by atoms with Crippen LogP contribution in [0.2, 0.25) is 0 Å². The Morgan fingerprint density at radius 3 is 2.67 bits per heavy atom. The minimum Gasteiger partial charge on any atom is -0.490 e. The highest BCUT2D eigenvalue weighted by molar-refractivity contribution is 5.90. The van der Waals surface area contributed by atoms with Crippen molar-refractivity contribution < 1.29 is 14.3 Å². The number of carbonyl (C=O) groups is 1. The summed E-state index contributed by atoms with van der Waals surface area (Å²) in [5, 5.41) is 0. The van der Waals surface area contributed by atoms with Gasteiger partial charge in [0, 0.05) is 19.6 Å². The normalized spacial score (nSPS) is 13.4. The average molecular weight is 407 g/mol. The van der Waals surface area contributed by atoms with Gasteiger partial charge in [0.2, 0.25) is 0 Å². The Hall–Kier alpha value is -3.05. The number of rotatable bonds is 8. The van der Waals surface area contributed by atoms with Crippen molar-refractivity contribution in [3.05, 3.63) is 78.4 Å². The Bertz CT molecular complexity index is 890. The van der Waals surface area contributed by atoms with Gasteiger partial charge >= 0.3 is 6.09 Å². The van der Waals surface area contributed by atoms with E-state index in [-0.39, 0.29) is 6.09 Å². The topological polar surface area (TPSA) is 42.0 Å². The molecule has 0 saturated carbocycles. The molecule has 0 bridgehead atoms. The Balaban J connectivity index is 1.58. The van der Waals surface area contributed by atoms with Gasteiger partial charge in [0.25, 0.3) is 0 Å². The lowest BCUT2D eigenvalue weighted by Crippen LogP contribution is -2.37. The molecular formula is C25H30N2O3. The van der Waals surface area contributed by atoms with Crippen LogP contribution in [-0.4, -0.2) is 44.3 Å². The van der Waals surface area contributed by atoms with Crippen LogP contribution in [0, 0.1) is 6.92 Å². The molecule has 2 aromatic carbocycles. The second-order valence-corrected chi connectivity index (χ2v) is 7.52. The Morgan fingerprint density at radius 2 is 1.90 bits per heavy atom. The minimum absolute atomic E-state index is 0.347. The van der Waals surface area contributed by atoms with E-state index >= 15 is 0 Å². The highest BCUT2D eigenvalue weighted by Crippen LogP contribution is 2.31. The van der Waals surface area contributed by atoms with Crippen molar-refractivity contribution >= 4 is 11.8 Å². The summed E-state index contributed by atoms with van der Waals surface area (Å²) in [5.41, 5.74) is 3.13. The number of likely N-dealkylation sites (N-methyl/N-ethyl adjacent to an activating group) is 1. The standard InChI is InChI=1S/C25H30N2O3/c1-4-15-26(3)16-5-6-18-29-23-13-14-24-21(19-23)8-7-17-27(24)25(28)30-22-11-9-20(2)10-12-22/h4-6,9-14,19H,1,7-8,15-18H2,2-3H3/b6-5+. The molecule has 5 heteroatoms. The smallest absolute Gasteiger partial charge is 0.419 e. The van der Waals surface area contributed by atoms with Crippen LogP contribution in [0.1, 0.15) is 17.5 Å². The molecule has 0 saturated heterocycles. The number of anilines is 1. The lowest BCUT2D eigenvalue weighted by Gasteiger charge is -2.29. The van der Waals surface area contributed by atoms with E-state index in [2.05, 4.69) is 17.6 Å². The third kappa shape index (κ3) is 5.97. The van der Waals surface area contributed by atoms with Crippen LogP contribution >= 0.6 is 0 Å².